The van der Waals surface area contributed by atoms with Gasteiger partial charge in [0, 0.05) is 23.2 Å². The van der Waals surface area contributed by atoms with Gasteiger partial charge in [-0.1, -0.05) is 19.8 Å². The molecular formula is C17H25NO3S. The summed E-state index contributed by atoms with van der Waals surface area (Å²) in [4.78, 5) is 24.0. The summed E-state index contributed by atoms with van der Waals surface area (Å²) in [6.07, 6.45) is 7.06. The maximum atomic E-state index is 12.3. The molecule has 1 aliphatic rings. The largest absolute Gasteiger partial charge is 0.481 e. The molecule has 1 aromatic heterocycles. The lowest BCUT2D eigenvalue weighted by atomic mass is 9.88. The summed E-state index contributed by atoms with van der Waals surface area (Å²) in [5.74, 6) is 0.0512. The van der Waals surface area contributed by atoms with Crippen molar-refractivity contribution in [2.75, 3.05) is 6.54 Å². The average Bonchev–Trinajstić information content (AvgIpc) is 2.88. The normalized spacial score (nSPS) is 17.0. The summed E-state index contributed by atoms with van der Waals surface area (Å²) in [7, 11) is 0. The van der Waals surface area contributed by atoms with Crippen LogP contribution in [-0.4, -0.2) is 23.5 Å². The Morgan fingerprint density at radius 2 is 2.09 bits per heavy atom. The second-order valence-electron chi connectivity index (χ2n) is 6.21. The van der Waals surface area contributed by atoms with Crippen molar-refractivity contribution in [2.24, 2.45) is 5.92 Å². The molecule has 0 bridgehead atoms. The molecule has 1 amide bonds. The van der Waals surface area contributed by atoms with Gasteiger partial charge in [-0.2, -0.15) is 0 Å². The van der Waals surface area contributed by atoms with Crippen LogP contribution in [0.4, 0.5) is 0 Å². The summed E-state index contributed by atoms with van der Waals surface area (Å²) in [6.45, 7) is 2.94. The van der Waals surface area contributed by atoms with Crippen molar-refractivity contribution in [1.82, 2.24) is 5.32 Å². The number of nitrogens with one attached hydrogen (secondary N) is 1. The predicted molar refractivity (Wildman–Crippen MR) is 88.6 cm³/mol. The Balaban J connectivity index is 1.69. The Morgan fingerprint density at radius 3 is 2.86 bits per heavy atom. The summed E-state index contributed by atoms with van der Waals surface area (Å²) in [6, 6.07) is 0. The lowest BCUT2D eigenvalue weighted by molar-refractivity contribution is -0.137. The van der Waals surface area contributed by atoms with E-state index >= 15 is 0 Å². The van der Waals surface area contributed by atoms with Gasteiger partial charge in [-0.3, -0.25) is 9.59 Å². The van der Waals surface area contributed by atoms with E-state index in [1.807, 2.05) is 5.38 Å². The molecule has 1 atom stereocenters. The van der Waals surface area contributed by atoms with E-state index in [0.717, 1.165) is 50.0 Å². The van der Waals surface area contributed by atoms with E-state index < -0.39 is 5.97 Å². The first-order chi connectivity index (χ1) is 10.6. The maximum Gasteiger partial charge on any atom is 0.303 e. The molecule has 2 N–H and O–H groups in total. The topological polar surface area (TPSA) is 66.4 Å². The molecule has 0 fully saturated rings. The zero-order valence-electron chi connectivity index (χ0n) is 13.2. The molecule has 0 saturated heterocycles. The number of hydrogen-bond donors (Lipinski definition) is 2. The third-order valence-corrected chi connectivity index (χ3v) is 5.30. The third kappa shape index (κ3) is 4.83. The Kier molecular flexibility index (Phi) is 6.43. The molecule has 0 spiro atoms. The molecule has 1 aromatic rings. The molecule has 5 heteroatoms. The number of hydrogen-bond acceptors (Lipinski definition) is 3. The highest BCUT2D eigenvalue weighted by molar-refractivity contribution is 7.10. The first-order valence-electron chi connectivity index (χ1n) is 8.17. The number of rotatable bonds is 8. The van der Waals surface area contributed by atoms with Crippen molar-refractivity contribution < 1.29 is 14.7 Å². The molecule has 1 heterocycles. The van der Waals surface area contributed by atoms with Crippen molar-refractivity contribution in [3.63, 3.8) is 0 Å². The van der Waals surface area contributed by atoms with Crippen LogP contribution < -0.4 is 5.32 Å². The second-order valence-corrected chi connectivity index (χ2v) is 7.18. The van der Waals surface area contributed by atoms with Gasteiger partial charge < -0.3 is 10.4 Å². The SMILES string of the molecule is C[C@@H]1CCc2c(C(=O)NCCCCCCC(=O)O)csc2C1. The Morgan fingerprint density at radius 1 is 1.32 bits per heavy atom. The number of carboxylic acid groups (broad SMARTS) is 1. The van der Waals surface area contributed by atoms with Crippen LogP contribution in [0, 0.1) is 5.92 Å². The minimum Gasteiger partial charge on any atom is -0.481 e. The van der Waals surface area contributed by atoms with Gasteiger partial charge >= 0.3 is 5.97 Å². The zero-order valence-corrected chi connectivity index (χ0v) is 14.0. The van der Waals surface area contributed by atoms with Crippen LogP contribution in [0.5, 0.6) is 0 Å². The van der Waals surface area contributed by atoms with E-state index in [4.69, 9.17) is 5.11 Å². The van der Waals surface area contributed by atoms with Crippen LogP contribution >= 0.6 is 11.3 Å². The fourth-order valence-corrected chi connectivity index (χ4v) is 4.16. The van der Waals surface area contributed by atoms with Gasteiger partial charge in [-0.25, -0.2) is 0 Å². The molecule has 0 unspecified atom stereocenters. The molecule has 0 saturated carbocycles. The van der Waals surface area contributed by atoms with Gasteiger partial charge in [0.2, 0.25) is 0 Å². The zero-order chi connectivity index (χ0) is 15.9. The van der Waals surface area contributed by atoms with Crippen molar-refractivity contribution in [3.05, 3.63) is 21.4 Å². The number of carbonyl (C=O) groups excluding carboxylic acids is 1. The standard InChI is InChI=1S/C17H25NO3S/c1-12-7-8-13-14(11-22-15(13)10-12)17(21)18-9-5-3-2-4-6-16(19)20/h11-12H,2-10H2,1H3,(H,18,21)(H,19,20)/t12-/m1/s1. The number of fused-ring (bicyclic) bond motifs is 1. The van der Waals surface area contributed by atoms with Crippen LogP contribution in [0.25, 0.3) is 0 Å². The first kappa shape index (κ1) is 17.0. The minimum absolute atomic E-state index is 0.0533. The maximum absolute atomic E-state index is 12.3. The van der Waals surface area contributed by atoms with Crippen LogP contribution in [-0.2, 0) is 17.6 Å². The number of amides is 1. The molecule has 4 nitrogen and oxygen atoms in total. The average molecular weight is 323 g/mol. The lowest BCUT2D eigenvalue weighted by Crippen LogP contribution is -2.25. The number of carboxylic acids is 1. The van der Waals surface area contributed by atoms with E-state index in [-0.39, 0.29) is 12.3 Å². The number of carbonyl (C=O) groups is 2. The van der Waals surface area contributed by atoms with Gasteiger partial charge in [0.05, 0.1) is 5.56 Å². The summed E-state index contributed by atoms with van der Waals surface area (Å²) in [5.41, 5.74) is 2.14. The fraction of sp³-hybridized carbons (Fsp3) is 0.647. The van der Waals surface area contributed by atoms with E-state index in [2.05, 4.69) is 12.2 Å². The molecule has 22 heavy (non-hydrogen) atoms. The van der Waals surface area contributed by atoms with E-state index in [1.54, 1.807) is 11.3 Å². The van der Waals surface area contributed by atoms with Gasteiger partial charge in [-0.15, -0.1) is 11.3 Å². The third-order valence-electron chi connectivity index (χ3n) is 4.25. The smallest absolute Gasteiger partial charge is 0.303 e. The number of aliphatic carboxylic acids is 1. The second kappa shape index (κ2) is 8.32. The number of thiophene rings is 1. The van der Waals surface area contributed by atoms with Crippen LogP contribution in [0.3, 0.4) is 0 Å². The first-order valence-corrected chi connectivity index (χ1v) is 9.05. The fourth-order valence-electron chi connectivity index (χ4n) is 2.92. The van der Waals surface area contributed by atoms with E-state index in [1.165, 1.54) is 16.9 Å². The highest BCUT2D eigenvalue weighted by Crippen LogP contribution is 2.32. The predicted octanol–water partition coefficient (Wildman–Crippen LogP) is 3.64. The number of unbranched alkanes of at least 4 members (excludes halogenated alkanes) is 3. The Hall–Kier alpha value is -1.36. The highest BCUT2D eigenvalue weighted by atomic mass is 32.1. The monoisotopic (exact) mass is 323 g/mol. The van der Waals surface area contributed by atoms with Crippen molar-refractivity contribution >= 4 is 23.2 Å². The molecule has 0 aliphatic heterocycles. The minimum atomic E-state index is -0.732. The molecule has 2 rings (SSSR count). The van der Waals surface area contributed by atoms with E-state index in [9.17, 15) is 9.59 Å². The van der Waals surface area contributed by atoms with Gasteiger partial charge in [-0.05, 0) is 43.6 Å². The summed E-state index contributed by atoms with van der Waals surface area (Å²) < 4.78 is 0. The highest BCUT2D eigenvalue weighted by Gasteiger charge is 2.22. The van der Waals surface area contributed by atoms with Crippen molar-refractivity contribution in [3.8, 4) is 0 Å². The van der Waals surface area contributed by atoms with E-state index in [0.29, 0.717) is 6.54 Å². The van der Waals surface area contributed by atoms with Gasteiger partial charge in [0.1, 0.15) is 0 Å². The quantitative estimate of drug-likeness (QED) is 0.718. The molecule has 0 radical (unpaired) electrons. The Bertz CT molecular complexity index is 524. The van der Waals surface area contributed by atoms with Crippen molar-refractivity contribution in [2.45, 2.75) is 58.3 Å². The Labute approximate surface area is 135 Å². The van der Waals surface area contributed by atoms with Crippen molar-refractivity contribution in [1.29, 1.82) is 0 Å². The van der Waals surface area contributed by atoms with Gasteiger partial charge in [0.25, 0.3) is 5.91 Å². The van der Waals surface area contributed by atoms with Gasteiger partial charge in [0.15, 0.2) is 0 Å². The lowest BCUT2D eigenvalue weighted by Gasteiger charge is -2.18. The molecule has 122 valence electrons. The van der Waals surface area contributed by atoms with Crippen LogP contribution in [0.2, 0.25) is 0 Å². The molecule has 1 aliphatic carbocycles. The van der Waals surface area contributed by atoms with Crippen LogP contribution in [0.1, 0.15) is 66.2 Å². The summed E-state index contributed by atoms with van der Waals surface area (Å²) >= 11 is 1.72. The molecular weight excluding hydrogens is 298 g/mol. The molecule has 0 aromatic carbocycles. The summed E-state index contributed by atoms with van der Waals surface area (Å²) in [5, 5.41) is 13.6. The van der Waals surface area contributed by atoms with Crippen LogP contribution in [0.15, 0.2) is 5.38 Å².